The van der Waals surface area contributed by atoms with E-state index in [0.717, 1.165) is 33.6 Å². The summed E-state index contributed by atoms with van der Waals surface area (Å²) in [6.45, 7) is 1.17. The molecule has 0 radical (unpaired) electrons. The molecule has 0 bridgehead atoms. The van der Waals surface area contributed by atoms with E-state index in [2.05, 4.69) is 15.6 Å². The largest absolute Gasteiger partial charge is 0.486 e. The van der Waals surface area contributed by atoms with Gasteiger partial charge in [0.25, 0.3) is 5.91 Å². The van der Waals surface area contributed by atoms with Crippen LogP contribution in [0.5, 0.6) is 17.2 Å². The molecule has 2 N–H and O–H groups in total. The van der Waals surface area contributed by atoms with Gasteiger partial charge < -0.3 is 24.8 Å². The summed E-state index contributed by atoms with van der Waals surface area (Å²) < 4.78 is 16.5. The van der Waals surface area contributed by atoms with Crippen LogP contribution in [0.2, 0.25) is 0 Å². The average molecular weight is 381 g/mol. The normalized spacial score (nSPS) is 14.7. The van der Waals surface area contributed by atoms with Crippen molar-refractivity contribution < 1.29 is 19.0 Å². The highest BCUT2D eigenvalue weighted by molar-refractivity contribution is 7.14. The lowest BCUT2D eigenvalue weighted by atomic mass is 10.1. The highest BCUT2D eigenvalue weighted by Crippen LogP contribution is 2.36. The molecule has 0 saturated carbocycles. The van der Waals surface area contributed by atoms with E-state index in [9.17, 15) is 4.79 Å². The molecule has 3 aromatic rings. The van der Waals surface area contributed by atoms with E-state index in [1.165, 1.54) is 11.3 Å². The maximum Gasteiger partial charge on any atom is 0.262 e. The second kappa shape index (κ2) is 6.48. The highest BCUT2D eigenvalue weighted by atomic mass is 32.1. The molecule has 0 spiro atoms. The molecule has 5 rings (SSSR count). The van der Waals surface area contributed by atoms with Crippen molar-refractivity contribution in [1.82, 2.24) is 4.98 Å². The van der Waals surface area contributed by atoms with E-state index in [0.29, 0.717) is 24.7 Å². The van der Waals surface area contributed by atoms with Crippen LogP contribution in [0.15, 0.2) is 41.8 Å². The third-order valence-electron chi connectivity index (χ3n) is 4.21. The molecular weight excluding hydrogens is 366 g/mol. The van der Waals surface area contributed by atoms with Gasteiger partial charge >= 0.3 is 0 Å². The first-order valence-corrected chi connectivity index (χ1v) is 9.32. The van der Waals surface area contributed by atoms with Crippen LogP contribution in [0.1, 0.15) is 0 Å². The minimum absolute atomic E-state index is 0.0483. The maximum atomic E-state index is 11.5. The molecule has 2 aromatic carbocycles. The molecule has 8 heteroatoms. The molecule has 0 atom stereocenters. The van der Waals surface area contributed by atoms with Crippen molar-refractivity contribution in [3.05, 3.63) is 41.8 Å². The number of nitrogens with one attached hydrogen (secondary N) is 2. The number of fused-ring (bicyclic) bond motifs is 2. The molecule has 0 aliphatic carbocycles. The Morgan fingerprint density at radius 1 is 1.00 bits per heavy atom. The second-order valence-electron chi connectivity index (χ2n) is 6.07. The molecule has 1 amide bonds. The Labute approximate surface area is 158 Å². The predicted octanol–water partition coefficient (Wildman–Crippen LogP) is 3.66. The smallest absolute Gasteiger partial charge is 0.262 e. The van der Waals surface area contributed by atoms with Crippen LogP contribution >= 0.6 is 11.3 Å². The van der Waals surface area contributed by atoms with Gasteiger partial charge in [-0.15, -0.1) is 11.3 Å². The Kier molecular flexibility index (Phi) is 3.83. The van der Waals surface area contributed by atoms with Gasteiger partial charge in [0.2, 0.25) is 0 Å². The minimum atomic E-state index is -0.154. The number of hydrogen-bond acceptors (Lipinski definition) is 7. The van der Waals surface area contributed by atoms with Gasteiger partial charge in [-0.05, 0) is 30.3 Å². The number of benzene rings is 2. The monoisotopic (exact) mass is 381 g/mol. The van der Waals surface area contributed by atoms with Crippen molar-refractivity contribution in [2.45, 2.75) is 0 Å². The maximum absolute atomic E-state index is 11.5. The van der Waals surface area contributed by atoms with Crippen LogP contribution in [-0.2, 0) is 4.79 Å². The first-order valence-electron chi connectivity index (χ1n) is 8.44. The number of carbonyl (C=O) groups excluding carboxylic acids is 1. The van der Waals surface area contributed by atoms with Crippen molar-refractivity contribution >= 4 is 33.8 Å². The van der Waals surface area contributed by atoms with Crippen LogP contribution in [-0.4, -0.2) is 30.7 Å². The number of anilines is 3. The lowest BCUT2D eigenvalue weighted by molar-refractivity contribution is -0.118. The van der Waals surface area contributed by atoms with Crippen molar-refractivity contribution in [3.63, 3.8) is 0 Å². The van der Waals surface area contributed by atoms with Gasteiger partial charge in [0.05, 0.1) is 11.4 Å². The van der Waals surface area contributed by atoms with Crippen LogP contribution in [0.25, 0.3) is 11.3 Å². The SMILES string of the molecule is O=C1COc2ccc(-c3csc(Nc4ccc5c(c4)OCCO5)n3)cc2N1. The van der Waals surface area contributed by atoms with Crippen LogP contribution in [0.4, 0.5) is 16.5 Å². The number of aromatic nitrogens is 1. The summed E-state index contributed by atoms with van der Waals surface area (Å²) in [6, 6.07) is 11.4. The number of hydrogen-bond donors (Lipinski definition) is 2. The van der Waals surface area contributed by atoms with Gasteiger partial charge in [-0.2, -0.15) is 0 Å². The van der Waals surface area contributed by atoms with E-state index in [4.69, 9.17) is 14.2 Å². The first-order chi connectivity index (χ1) is 13.2. The Hall–Kier alpha value is -3.26. The van der Waals surface area contributed by atoms with Crippen molar-refractivity contribution in [3.8, 4) is 28.5 Å². The fourth-order valence-electron chi connectivity index (χ4n) is 2.95. The van der Waals surface area contributed by atoms with Gasteiger partial charge in [0.1, 0.15) is 19.0 Å². The average Bonchev–Trinajstić information content (AvgIpc) is 3.16. The topological polar surface area (TPSA) is 81.7 Å². The number of carbonyl (C=O) groups is 1. The second-order valence-corrected chi connectivity index (χ2v) is 6.93. The predicted molar refractivity (Wildman–Crippen MR) is 102 cm³/mol. The van der Waals surface area contributed by atoms with Gasteiger partial charge in [0, 0.05) is 22.7 Å². The lowest BCUT2D eigenvalue weighted by Crippen LogP contribution is -2.25. The zero-order valence-electron chi connectivity index (χ0n) is 14.2. The number of rotatable bonds is 3. The van der Waals surface area contributed by atoms with E-state index in [1.54, 1.807) is 0 Å². The van der Waals surface area contributed by atoms with Crippen LogP contribution in [0, 0.1) is 0 Å². The Morgan fingerprint density at radius 3 is 2.78 bits per heavy atom. The third kappa shape index (κ3) is 3.15. The van der Waals surface area contributed by atoms with Crippen molar-refractivity contribution in [1.29, 1.82) is 0 Å². The van der Waals surface area contributed by atoms with Crippen molar-refractivity contribution in [2.24, 2.45) is 0 Å². The minimum Gasteiger partial charge on any atom is -0.486 e. The molecule has 0 unspecified atom stereocenters. The summed E-state index contributed by atoms with van der Waals surface area (Å²) in [5, 5.41) is 8.84. The van der Waals surface area contributed by atoms with Crippen LogP contribution < -0.4 is 24.8 Å². The van der Waals surface area contributed by atoms with Crippen LogP contribution in [0.3, 0.4) is 0 Å². The van der Waals surface area contributed by atoms with E-state index in [-0.39, 0.29) is 12.5 Å². The molecule has 136 valence electrons. The number of nitrogens with zero attached hydrogens (tertiary/aromatic N) is 1. The zero-order valence-corrected chi connectivity index (χ0v) is 15.0. The number of thiazole rings is 1. The molecule has 3 heterocycles. The number of ether oxygens (including phenoxy) is 3. The summed E-state index contributed by atoms with van der Waals surface area (Å²) in [7, 11) is 0. The lowest BCUT2D eigenvalue weighted by Gasteiger charge is -2.18. The molecule has 0 fully saturated rings. The Morgan fingerprint density at radius 2 is 1.85 bits per heavy atom. The molecular formula is C19H15N3O4S. The van der Waals surface area contributed by atoms with Gasteiger partial charge in [-0.1, -0.05) is 0 Å². The molecule has 2 aliphatic heterocycles. The Bertz CT molecular complexity index is 1030. The summed E-state index contributed by atoms with van der Waals surface area (Å²) in [5.41, 5.74) is 3.28. The summed E-state index contributed by atoms with van der Waals surface area (Å²) in [5.74, 6) is 2.00. The fraction of sp³-hybridized carbons (Fsp3) is 0.158. The summed E-state index contributed by atoms with van der Waals surface area (Å²) in [4.78, 5) is 16.1. The van der Waals surface area contributed by atoms with Gasteiger partial charge in [0.15, 0.2) is 23.2 Å². The Balaban J connectivity index is 1.37. The molecule has 0 saturated heterocycles. The molecule has 2 aliphatic rings. The summed E-state index contributed by atoms with van der Waals surface area (Å²) in [6.07, 6.45) is 0. The molecule has 27 heavy (non-hydrogen) atoms. The van der Waals surface area contributed by atoms with E-state index < -0.39 is 0 Å². The van der Waals surface area contributed by atoms with E-state index >= 15 is 0 Å². The van der Waals surface area contributed by atoms with E-state index in [1.807, 2.05) is 41.8 Å². The molecule has 7 nitrogen and oxygen atoms in total. The van der Waals surface area contributed by atoms with Gasteiger partial charge in [-0.3, -0.25) is 4.79 Å². The third-order valence-corrected chi connectivity index (χ3v) is 4.96. The summed E-state index contributed by atoms with van der Waals surface area (Å²) >= 11 is 1.50. The highest BCUT2D eigenvalue weighted by Gasteiger charge is 2.17. The first kappa shape index (κ1) is 16.0. The quantitative estimate of drug-likeness (QED) is 0.721. The molecule has 1 aromatic heterocycles. The zero-order chi connectivity index (χ0) is 18.2. The number of amides is 1. The van der Waals surface area contributed by atoms with Crippen molar-refractivity contribution in [2.75, 3.05) is 30.5 Å². The van der Waals surface area contributed by atoms with Gasteiger partial charge in [-0.25, -0.2) is 4.98 Å². The fourth-order valence-corrected chi connectivity index (χ4v) is 3.69. The standard InChI is InChI=1S/C19H15N3O4S/c23-18-9-26-15-3-1-11(7-13(15)21-18)14-10-27-19(22-14)20-12-2-4-16-17(8-12)25-6-5-24-16/h1-4,7-8,10H,5-6,9H2,(H,20,22)(H,21,23).